The van der Waals surface area contributed by atoms with Gasteiger partial charge in [0.25, 0.3) is 11.8 Å². The van der Waals surface area contributed by atoms with Crippen LogP contribution in [0.25, 0.3) is 0 Å². The van der Waals surface area contributed by atoms with Crippen LogP contribution in [0.4, 0.5) is 5.69 Å². The van der Waals surface area contributed by atoms with E-state index in [0.29, 0.717) is 22.9 Å². The van der Waals surface area contributed by atoms with Crippen LogP contribution in [0.2, 0.25) is 0 Å². The van der Waals surface area contributed by atoms with Crippen molar-refractivity contribution in [3.63, 3.8) is 0 Å². The molecule has 39 heavy (non-hydrogen) atoms. The maximum absolute atomic E-state index is 12.7. The van der Waals surface area contributed by atoms with Gasteiger partial charge >= 0.3 is 5.97 Å². The lowest BCUT2D eigenvalue weighted by Gasteiger charge is -2.15. The summed E-state index contributed by atoms with van der Waals surface area (Å²) in [6, 6.07) is 16.6. The maximum Gasteiger partial charge on any atom is 0.339 e. The van der Waals surface area contributed by atoms with Crippen LogP contribution in [0.3, 0.4) is 0 Å². The zero-order valence-corrected chi connectivity index (χ0v) is 21.6. The summed E-state index contributed by atoms with van der Waals surface area (Å²) in [4.78, 5) is 37.4. The van der Waals surface area contributed by atoms with Crippen LogP contribution in [0.15, 0.2) is 60.7 Å². The predicted molar refractivity (Wildman–Crippen MR) is 139 cm³/mol. The van der Waals surface area contributed by atoms with Crippen LogP contribution < -0.4 is 34.3 Å². The van der Waals surface area contributed by atoms with Crippen molar-refractivity contribution in [1.82, 2.24) is 5.32 Å². The number of methoxy groups -OCH3 is 2. The molecule has 11 nitrogen and oxygen atoms in total. The van der Waals surface area contributed by atoms with Crippen molar-refractivity contribution < 1.29 is 42.8 Å². The van der Waals surface area contributed by atoms with Crippen LogP contribution in [0.5, 0.6) is 28.7 Å². The minimum atomic E-state index is -1.05. The molecule has 11 heteroatoms. The van der Waals surface area contributed by atoms with E-state index in [9.17, 15) is 14.4 Å². The Labute approximate surface area is 224 Å². The van der Waals surface area contributed by atoms with Gasteiger partial charge in [-0.1, -0.05) is 6.07 Å². The Bertz CT molecular complexity index is 1340. The summed E-state index contributed by atoms with van der Waals surface area (Å²) in [5.41, 5.74) is 1.55. The van der Waals surface area contributed by atoms with Gasteiger partial charge in [0.2, 0.25) is 6.79 Å². The largest absolute Gasteiger partial charge is 0.497 e. The molecular formula is C28H28N2O9. The fraction of sp³-hybridized carbons (Fsp3) is 0.250. The first kappa shape index (κ1) is 27.1. The topological polar surface area (TPSA) is 131 Å². The highest BCUT2D eigenvalue weighted by Crippen LogP contribution is 2.32. The molecule has 0 saturated heterocycles. The quantitative estimate of drug-likeness (QED) is 0.355. The van der Waals surface area contributed by atoms with Gasteiger partial charge in [-0.25, -0.2) is 4.79 Å². The zero-order valence-electron chi connectivity index (χ0n) is 21.6. The molecule has 3 aromatic carbocycles. The Kier molecular flexibility index (Phi) is 8.72. The van der Waals surface area contributed by atoms with Gasteiger partial charge in [-0.05, 0) is 67.1 Å². The minimum absolute atomic E-state index is 0.150. The number of anilines is 1. The summed E-state index contributed by atoms with van der Waals surface area (Å²) in [7, 11) is 2.96. The van der Waals surface area contributed by atoms with Crippen molar-refractivity contribution in [2.24, 2.45) is 0 Å². The Hall–Kier alpha value is -4.93. The second kappa shape index (κ2) is 12.5. The molecule has 0 saturated carbocycles. The summed E-state index contributed by atoms with van der Waals surface area (Å²) in [5, 5.41) is 5.44. The standard InChI is InChI=1S/C28H28N2O9/c1-17(27(32)29-14-18-4-10-23-25(12-18)38-16-37-23)39-28(33)19-5-11-22(24(13-19)35-3)36-15-26(31)30-20-6-8-21(34-2)9-7-20/h4-13,17H,14-16H2,1-3H3,(H,29,32)(H,30,31)/t17-/m1/s1. The molecule has 3 aromatic rings. The highest BCUT2D eigenvalue weighted by atomic mass is 16.7. The first-order valence-corrected chi connectivity index (χ1v) is 12.0. The highest BCUT2D eigenvalue weighted by molar-refractivity contribution is 5.93. The molecule has 4 rings (SSSR count). The van der Waals surface area contributed by atoms with Crippen molar-refractivity contribution in [1.29, 1.82) is 0 Å². The number of hydrogen-bond acceptors (Lipinski definition) is 9. The minimum Gasteiger partial charge on any atom is -0.497 e. The van der Waals surface area contributed by atoms with Crippen molar-refractivity contribution in [2.75, 3.05) is 32.9 Å². The Morgan fingerprint density at radius 3 is 2.41 bits per heavy atom. The molecule has 1 heterocycles. The number of fused-ring (bicyclic) bond motifs is 1. The molecule has 1 aliphatic heterocycles. The summed E-state index contributed by atoms with van der Waals surface area (Å²) < 4.78 is 31.9. The van der Waals surface area contributed by atoms with Gasteiger partial charge in [0.05, 0.1) is 19.8 Å². The van der Waals surface area contributed by atoms with Crippen LogP contribution >= 0.6 is 0 Å². The van der Waals surface area contributed by atoms with Crippen molar-refractivity contribution >= 4 is 23.5 Å². The third-order valence-electron chi connectivity index (χ3n) is 5.69. The number of amides is 2. The molecule has 0 bridgehead atoms. The SMILES string of the molecule is COc1ccc(NC(=O)COc2ccc(C(=O)O[C@H](C)C(=O)NCc3ccc4c(c3)OCO4)cc2OC)cc1. The molecule has 204 valence electrons. The second-order valence-electron chi connectivity index (χ2n) is 8.38. The Morgan fingerprint density at radius 1 is 0.897 bits per heavy atom. The normalized spacial score (nSPS) is 12.2. The van der Waals surface area contributed by atoms with Crippen LogP contribution in [-0.2, 0) is 20.9 Å². The molecule has 0 aromatic heterocycles. The fourth-order valence-electron chi connectivity index (χ4n) is 3.59. The molecule has 0 radical (unpaired) electrons. The molecular weight excluding hydrogens is 508 g/mol. The lowest BCUT2D eigenvalue weighted by Crippen LogP contribution is -2.35. The number of hydrogen-bond donors (Lipinski definition) is 2. The van der Waals surface area contributed by atoms with E-state index < -0.39 is 18.0 Å². The van der Waals surface area contributed by atoms with E-state index in [1.54, 1.807) is 43.5 Å². The number of ether oxygens (including phenoxy) is 6. The molecule has 0 unspecified atom stereocenters. The third-order valence-corrected chi connectivity index (χ3v) is 5.69. The van der Waals surface area contributed by atoms with Gasteiger partial charge in [-0.15, -0.1) is 0 Å². The van der Waals surface area contributed by atoms with E-state index in [0.717, 1.165) is 5.56 Å². The first-order chi connectivity index (χ1) is 18.9. The number of esters is 1. The van der Waals surface area contributed by atoms with Gasteiger partial charge in [-0.3, -0.25) is 9.59 Å². The summed E-state index contributed by atoms with van der Waals surface area (Å²) >= 11 is 0. The van der Waals surface area contributed by atoms with E-state index in [-0.39, 0.29) is 42.9 Å². The fourth-order valence-corrected chi connectivity index (χ4v) is 3.59. The van der Waals surface area contributed by atoms with Crippen LogP contribution in [-0.4, -0.2) is 51.5 Å². The summed E-state index contributed by atoms with van der Waals surface area (Å²) in [6.07, 6.45) is -1.05. The lowest BCUT2D eigenvalue weighted by atomic mass is 10.2. The van der Waals surface area contributed by atoms with E-state index in [4.69, 9.17) is 28.4 Å². The average molecular weight is 537 g/mol. The zero-order chi connectivity index (χ0) is 27.8. The smallest absolute Gasteiger partial charge is 0.339 e. The monoisotopic (exact) mass is 536 g/mol. The molecule has 1 atom stereocenters. The average Bonchev–Trinajstić information content (AvgIpc) is 3.43. The van der Waals surface area contributed by atoms with E-state index in [2.05, 4.69) is 10.6 Å². The van der Waals surface area contributed by atoms with Crippen LogP contribution in [0.1, 0.15) is 22.8 Å². The van der Waals surface area contributed by atoms with Gasteiger partial charge in [0, 0.05) is 12.2 Å². The van der Waals surface area contributed by atoms with Gasteiger partial charge in [-0.2, -0.15) is 0 Å². The van der Waals surface area contributed by atoms with E-state index in [1.807, 2.05) is 6.07 Å². The summed E-state index contributed by atoms with van der Waals surface area (Å²) in [5.74, 6) is 0.848. The molecule has 1 aliphatic rings. The van der Waals surface area contributed by atoms with Crippen LogP contribution in [0, 0.1) is 0 Å². The molecule has 0 spiro atoms. The number of benzene rings is 3. The van der Waals surface area contributed by atoms with Crippen molar-refractivity contribution in [2.45, 2.75) is 19.6 Å². The third kappa shape index (κ3) is 7.10. The summed E-state index contributed by atoms with van der Waals surface area (Å²) in [6.45, 7) is 1.58. The molecule has 0 aliphatic carbocycles. The van der Waals surface area contributed by atoms with E-state index >= 15 is 0 Å². The molecule has 0 fully saturated rings. The Balaban J connectivity index is 1.27. The lowest BCUT2D eigenvalue weighted by molar-refractivity contribution is -0.129. The highest BCUT2D eigenvalue weighted by Gasteiger charge is 2.21. The number of nitrogens with one attached hydrogen (secondary N) is 2. The van der Waals surface area contributed by atoms with Crippen molar-refractivity contribution in [3.05, 3.63) is 71.8 Å². The molecule has 2 N–H and O–H groups in total. The second-order valence-corrected chi connectivity index (χ2v) is 8.38. The van der Waals surface area contributed by atoms with Gasteiger partial charge in [0.1, 0.15) is 5.75 Å². The first-order valence-electron chi connectivity index (χ1n) is 12.0. The number of carbonyl (C=O) groups excluding carboxylic acids is 3. The molecule has 2 amide bonds. The van der Waals surface area contributed by atoms with Gasteiger partial charge in [0.15, 0.2) is 35.7 Å². The van der Waals surface area contributed by atoms with Gasteiger partial charge < -0.3 is 39.1 Å². The predicted octanol–water partition coefficient (Wildman–Crippen LogP) is 3.31. The maximum atomic E-state index is 12.7. The number of carbonyl (C=O) groups is 3. The van der Waals surface area contributed by atoms with Crippen molar-refractivity contribution in [3.8, 4) is 28.7 Å². The number of rotatable bonds is 11. The van der Waals surface area contributed by atoms with E-state index in [1.165, 1.54) is 32.2 Å². The Morgan fingerprint density at radius 2 is 1.67 bits per heavy atom.